The summed E-state index contributed by atoms with van der Waals surface area (Å²) >= 11 is 0. The molecule has 2 aromatic carbocycles. The van der Waals surface area contributed by atoms with E-state index in [2.05, 4.69) is 0 Å². The Morgan fingerprint density at radius 2 is 1.69 bits per heavy atom. The Hall–Kier alpha value is -1.44. The first-order chi connectivity index (χ1) is 7.62. The van der Waals surface area contributed by atoms with Gasteiger partial charge in [-0.3, -0.25) is 0 Å². The molecule has 2 heteroatoms. The summed E-state index contributed by atoms with van der Waals surface area (Å²) < 4.78 is 26.7. The van der Waals surface area contributed by atoms with Gasteiger partial charge in [0.05, 0.1) is 0 Å². The van der Waals surface area contributed by atoms with E-state index in [1.807, 2.05) is 36.4 Å². The van der Waals surface area contributed by atoms with Crippen molar-refractivity contribution in [3.05, 3.63) is 48.0 Å². The molecule has 0 saturated carbocycles. The van der Waals surface area contributed by atoms with E-state index >= 15 is 0 Å². The maximum absolute atomic E-state index is 13.4. The second-order valence-corrected chi connectivity index (χ2v) is 4.02. The third-order valence-electron chi connectivity index (χ3n) is 2.85. The molecule has 0 amide bonds. The summed E-state index contributed by atoms with van der Waals surface area (Å²) in [6.07, 6.45) is -0.291. The summed E-state index contributed by atoms with van der Waals surface area (Å²) in [6.45, 7) is 1.52. The summed E-state index contributed by atoms with van der Waals surface area (Å²) in [4.78, 5) is 0. The normalized spacial score (nSPS) is 11.9. The van der Waals surface area contributed by atoms with Crippen molar-refractivity contribution in [2.75, 3.05) is 0 Å². The fourth-order valence-corrected chi connectivity index (χ4v) is 1.85. The van der Waals surface area contributed by atoms with Crippen LogP contribution >= 0.6 is 0 Å². The molecule has 0 saturated heterocycles. The third kappa shape index (κ3) is 2.21. The highest BCUT2D eigenvalue weighted by molar-refractivity contribution is 5.85. The number of benzene rings is 2. The van der Waals surface area contributed by atoms with Gasteiger partial charge in [0.1, 0.15) is 0 Å². The van der Waals surface area contributed by atoms with Gasteiger partial charge in [0.15, 0.2) is 0 Å². The molecule has 0 fully saturated rings. The van der Waals surface area contributed by atoms with Gasteiger partial charge in [-0.1, -0.05) is 49.4 Å². The van der Waals surface area contributed by atoms with Gasteiger partial charge in [-0.15, -0.1) is 0 Å². The lowest BCUT2D eigenvalue weighted by Crippen LogP contribution is -2.17. The Bertz CT molecular complexity index is 484. The molecule has 0 aliphatic heterocycles. The molecule has 0 radical (unpaired) electrons. The maximum atomic E-state index is 13.4. The second kappa shape index (κ2) is 4.20. The van der Waals surface area contributed by atoms with Crippen LogP contribution in [0, 0.1) is 0 Å². The van der Waals surface area contributed by atoms with Gasteiger partial charge >= 0.3 is 0 Å². The van der Waals surface area contributed by atoms with Crippen molar-refractivity contribution in [1.29, 1.82) is 0 Å². The molecular weight excluding hydrogens is 206 g/mol. The van der Waals surface area contributed by atoms with Crippen molar-refractivity contribution in [3.8, 4) is 0 Å². The quantitative estimate of drug-likeness (QED) is 0.718. The molecular formula is C14H14F2. The van der Waals surface area contributed by atoms with Crippen LogP contribution < -0.4 is 0 Å². The summed E-state index contributed by atoms with van der Waals surface area (Å²) in [7, 11) is 0. The lowest BCUT2D eigenvalue weighted by Gasteiger charge is -2.15. The summed E-state index contributed by atoms with van der Waals surface area (Å²) in [5, 5.41) is 1.95. The van der Waals surface area contributed by atoms with Crippen molar-refractivity contribution in [3.63, 3.8) is 0 Å². The fourth-order valence-electron chi connectivity index (χ4n) is 1.85. The van der Waals surface area contributed by atoms with Gasteiger partial charge in [0.2, 0.25) is 0 Å². The van der Waals surface area contributed by atoms with Crippen LogP contribution in [0.25, 0.3) is 10.8 Å². The molecule has 0 nitrogen and oxygen atoms in total. The molecule has 0 N–H and O–H groups in total. The smallest absolute Gasteiger partial charge is 0.207 e. The molecule has 0 spiro atoms. The molecule has 0 bridgehead atoms. The lowest BCUT2D eigenvalue weighted by atomic mass is 9.98. The van der Waals surface area contributed by atoms with E-state index in [0.717, 1.165) is 16.3 Å². The van der Waals surface area contributed by atoms with Gasteiger partial charge in [0, 0.05) is 12.8 Å². The van der Waals surface area contributed by atoms with Gasteiger partial charge in [-0.25, -0.2) is 8.78 Å². The van der Waals surface area contributed by atoms with E-state index in [1.54, 1.807) is 6.07 Å². The Labute approximate surface area is 93.9 Å². The predicted molar refractivity (Wildman–Crippen MR) is 62.9 cm³/mol. The molecule has 2 rings (SSSR count). The Morgan fingerprint density at radius 1 is 1.00 bits per heavy atom. The highest BCUT2D eigenvalue weighted by atomic mass is 19.3. The molecule has 0 aromatic heterocycles. The highest BCUT2D eigenvalue weighted by Gasteiger charge is 2.26. The molecule has 0 heterocycles. The van der Waals surface area contributed by atoms with Crippen molar-refractivity contribution in [2.24, 2.45) is 0 Å². The number of fused-ring (bicyclic) bond motifs is 1. The van der Waals surface area contributed by atoms with E-state index in [1.165, 1.54) is 6.92 Å². The van der Waals surface area contributed by atoms with Crippen LogP contribution in [0.3, 0.4) is 0 Å². The summed E-state index contributed by atoms with van der Waals surface area (Å²) in [6, 6.07) is 13.2. The van der Waals surface area contributed by atoms with Crippen LogP contribution in [0.5, 0.6) is 0 Å². The number of rotatable bonds is 3. The monoisotopic (exact) mass is 220 g/mol. The zero-order valence-corrected chi connectivity index (χ0v) is 9.21. The van der Waals surface area contributed by atoms with E-state index in [0.29, 0.717) is 0 Å². The molecule has 0 aliphatic carbocycles. The average Bonchev–Trinajstić information content (AvgIpc) is 2.29. The van der Waals surface area contributed by atoms with Gasteiger partial charge in [0.25, 0.3) is 5.92 Å². The van der Waals surface area contributed by atoms with Gasteiger partial charge < -0.3 is 0 Å². The number of alkyl halides is 2. The minimum Gasteiger partial charge on any atom is -0.207 e. The first kappa shape index (κ1) is 11.1. The average molecular weight is 220 g/mol. The van der Waals surface area contributed by atoms with Crippen LogP contribution in [-0.2, 0) is 6.42 Å². The Morgan fingerprint density at radius 3 is 2.44 bits per heavy atom. The van der Waals surface area contributed by atoms with Gasteiger partial charge in [-0.05, 0) is 16.3 Å². The van der Waals surface area contributed by atoms with Crippen molar-refractivity contribution < 1.29 is 8.78 Å². The fraction of sp³-hybridized carbons (Fsp3) is 0.286. The zero-order chi connectivity index (χ0) is 11.6. The molecule has 0 atom stereocenters. The van der Waals surface area contributed by atoms with Crippen molar-refractivity contribution in [2.45, 2.75) is 25.7 Å². The lowest BCUT2D eigenvalue weighted by molar-refractivity contribution is -0.00188. The number of hydrogen-bond acceptors (Lipinski definition) is 0. The highest BCUT2D eigenvalue weighted by Crippen LogP contribution is 2.27. The summed E-state index contributed by atoms with van der Waals surface area (Å²) in [5.74, 6) is -2.61. The zero-order valence-electron chi connectivity index (χ0n) is 9.21. The molecule has 0 aliphatic rings. The SMILES string of the molecule is CCC(F)(F)Cc1cccc2ccccc12. The maximum Gasteiger partial charge on any atom is 0.251 e. The van der Waals surface area contributed by atoms with E-state index in [-0.39, 0.29) is 12.8 Å². The minimum atomic E-state index is -2.61. The van der Waals surface area contributed by atoms with Crippen LogP contribution in [0.2, 0.25) is 0 Å². The standard InChI is InChI=1S/C14H14F2/c1-2-14(15,16)10-12-8-5-7-11-6-3-4-9-13(11)12/h3-9H,2,10H2,1H3. The van der Waals surface area contributed by atoms with Crippen molar-refractivity contribution >= 4 is 10.8 Å². The molecule has 84 valence electrons. The topological polar surface area (TPSA) is 0 Å². The first-order valence-electron chi connectivity index (χ1n) is 5.47. The molecule has 0 unspecified atom stereocenters. The third-order valence-corrected chi connectivity index (χ3v) is 2.85. The Kier molecular flexibility index (Phi) is 2.90. The van der Waals surface area contributed by atoms with Gasteiger partial charge in [-0.2, -0.15) is 0 Å². The minimum absolute atomic E-state index is 0.115. The van der Waals surface area contributed by atoms with E-state index in [4.69, 9.17) is 0 Å². The second-order valence-electron chi connectivity index (χ2n) is 4.02. The van der Waals surface area contributed by atoms with Crippen LogP contribution in [0.4, 0.5) is 8.78 Å². The Balaban J connectivity index is 2.45. The predicted octanol–water partition coefficient (Wildman–Crippen LogP) is 4.43. The number of halogens is 2. The van der Waals surface area contributed by atoms with E-state index < -0.39 is 5.92 Å². The van der Waals surface area contributed by atoms with Crippen LogP contribution in [0.1, 0.15) is 18.9 Å². The van der Waals surface area contributed by atoms with E-state index in [9.17, 15) is 8.78 Å². The summed E-state index contributed by atoms with van der Waals surface area (Å²) in [5.41, 5.74) is 0.727. The largest absolute Gasteiger partial charge is 0.251 e. The number of hydrogen-bond donors (Lipinski definition) is 0. The molecule has 2 aromatic rings. The first-order valence-corrected chi connectivity index (χ1v) is 5.47. The van der Waals surface area contributed by atoms with Crippen LogP contribution in [0.15, 0.2) is 42.5 Å². The molecule has 16 heavy (non-hydrogen) atoms. The van der Waals surface area contributed by atoms with Crippen LogP contribution in [-0.4, -0.2) is 5.92 Å². The van der Waals surface area contributed by atoms with Crippen molar-refractivity contribution in [1.82, 2.24) is 0 Å².